The van der Waals surface area contributed by atoms with Crippen molar-refractivity contribution in [3.05, 3.63) is 53.0 Å². The predicted octanol–water partition coefficient (Wildman–Crippen LogP) is 5.59. The second-order valence-electron chi connectivity index (χ2n) is 7.08. The average Bonchev–Trinajstić information content (AvgIpc) is 3.04. The van der Waals surface area contributed by atoms with Gasteiger partial charge in [-0.3, -0.25) is 4.99 Å². The van der Waals surface area contributed by atoms with Crippen LogP contribution in [0, 0.1) is 11.7 Å². The van der Waals surface area contributed by atoms with Crippen LogP contribution in [0.5, 0.6) is 0 Å². The van der Waals surface area contributed by atoms with Crippen LogP contribution in [0.4, 0.5) is 4.39 Å². The molecule has 0 saturated heterocycles. The Morgan fingerprint density at radius 2 is 2.04 bits per heavy atom. The Morgan fingerprint density at radius 1 is 1.38 bits per heavy atom. The molecule has 0 amide bonds. The van der Waals surface area contributed by atoms with Crippen molar-refractivity contribution in [3.8, 4) is 0 Å². The summed E-state index contributed by atoms with van der Waals surface area (Å²) >= 11 is 0. The van der Waals surface area contributed by atoms with Crippen molar-refractivity contribution in [2.45, 2.75) is 58.8 Å². The molecule has 1 aliphatic rings. The minimum absolute atomic E-state index is 0.124. The third-order valence-electron chi connectivity index (χ3n) is 4.61. The van der Waals surface area contributed by atoms with Gasteiger partial charge in [0.05, 0.1) is 5.70 Å². The number of nitrogens with two attached hydrogens (primary N) is 1. The fourth-order valence-electron chi connectivity index (χ4n) is 3.52. The minimum atomic E-state index is -0.124. The number of nitrogens with zero attached hydrogens (tertiary/aromatic N) is 1. The van der Waals surface area contributed by atoms with Crippen LogP contribution in [0.2, 0.25) is 0 Å². The Labute approximate surface area is 145 Å². The van der Waals surface area contributed by atoms with Gasteiger partial charge in [-0.2, -0.15) is 0 Å². The Bertz CT molecular complexity index is 650. The average molecular weight is 328 g/mol. The van der Waals surface area contributed by atoms with Crippen LogP contribution >= 0.6 is 0 Å². The molecule has 0 unspecified atom stereocenters. The lowest BCUT2D eigenvalue weighted by molar-refractivity contribution is 0.558. The Balaban J connectivity index is 2.48. The Kier molecular flexibility index (Phi) is 6.36. The summed E-state index contributed by atoms with van der Waals surface area (Å²) in [6.45, 7) is 9.74. The molecule has 0 heterocycles. The fraction of sp³-hybridized carbons (Fsp3) is 0.476. The van der Waals surface area contributed by atoms with Crippen LogP contribution < -0.4 is 5.73 Å². The molecule has 1 aromatic carbocycles. The lowest BCUT2D eigenvalue weighted by atomic mass is 9.87. The molecule has 24 heavy (non-hydrogen) atoms. The van der Waals surface area contributed by atoms with E-state index in [0.29, 0.717) is 28.8 Å². The van der Waals surface area contributed by atoms with Crippen molar-refractivity contribution in [2.24, 2.45) is 16.6 Å². The van der Waals surface area contributed by atoms with E-state index in [4.69, 9.17) is 5.73 Å². The maximum absolute atomic E-state index is 15.3. The summed E-state index contributed by atoms with van der Waals surface area (Å²) in [6.07, 6.45) is 8.89. The summed E-state index contributed by atoms with van der Waals surface area (Å²) in [7, 11) is 0. The van der Waals surface area contributed by atoms with Gasteiger partial charge in [0.1, 0.15) is 5.82 Å². The first-order chi connectivity index (χ1) is 11.4. The largest absolute Gasteiger partial charge is 0.398 e. The van der Waals surface area contributed by atoms with Crippen LogP contribution in [-0.4, -0.2) is 6.21 Å². The van der Waals surface area contributed by atoms with Crippen LogP contribution in [0.25, 0.3) is 5.70 Å². The predicted molar refractivity (Wildman–Crippen MR) is 102 cm³/mol. The SMILES string of the molecule is C=C(N)/C=N\C(=C/C)c1ccc(C2CCCC2)c(CC(C)C)c1F. The molecule has 2 nitrogen and oxygen atoms in total. The molecule has 0 spiro atoms. The van der Waals surface area contributed by atoms with Gasteiger partial charge in [-0.05, 0) is 55.2 Å². The summed E-state index contributed by atoms with van der Waals surface area (Å²) in [5.74, 6) is 0.793. The van der Waals surface area contributed by atoms with E-state index in [1.807, 2.05) is 19.1 Å². The summed E-state index contributed by atoms with van der Waals surface area (Å²) < 4.78 is 15.3. The zero-order valence-electron chi connectivity index (χ0n) is 15.1. The minimum Gasteiger partial charge on any atom is -0.398 e. The number of rotatable bonds is 6. The normalized spacial score (nSPS) is 16.5. The van der Waals surface area contributed by atoms with Gasteiger partial charge in [0.2, 0.25) is 0 Å². The van der Waals surface area contributed by atoms with Crippen LogP contribution in [0.15, 0.2) is 35.5 Å². The van der Waals surface area contributed by atoms with Gasteiger partial charge in [-0.1, -0.05) is 45.4 Å². The highest BCUT2D eigenvalue weighted by Crippen LogP contribution is 2.38. The van der Waals surface area contributed by atoms with Crippen LogP contribution in [0.3, 0.4) is 0 Å². The second-order valence-corrected chi connectivity index (χ2v) is 7.08. The number of hydrogen-bond acceptors (Lipinski definition) is 2. The molecular formula is C21H29FN2. The van der Waals surface area contributed by atoms with Gasteiger partial charge in [0.15, 0.2) is 0 Å². The Hall–Kier alpha value is -1.90. The smallest absolute Gasteiger partial charge is 0.136 e. The van der Waals surface area contributed by atoms with E-state index >= 15 is 4.39 Å². The molecule has 3 heteroatoms. The fourth-order valence-corrected chi connectivity index (χ4v) is 3.52. The zero-order chi connectivity index (χ0) is 17.7. The number of halogens is 1. The molecule has 0 atom stereocenters. The third-order valence-corrected chi connectivity index (χ3v) is 4.61. The number of allylic oxidation sites excluding steroid dienone is 2. The maximum Gasteiger partial charge on any atom is 0.136 e. The second kappa shape index (κ2) is 8.27. The van der Waals surface area contributed by atoms with E-state index in [2.05, 4.69) is 31.5 Å². The molecule has 2 N–H and O–H groups in total. The summed E-state index contributed by atoms with van der Waals surface area (Å²) in [5, 5.41) is 0. The lowest BCUT2D eigenvalue weighted by Crippen LogP contribution is -2.08. The summed E-state index contributed by atoms with van der Waals surface area (Å²) in [5.41, 5.74) is 9.13. The van der Waals surface area contributed by atoms with Gasteiger partial charge in [-0.15, -0.1) is 0 Å². The van der Waals surface area contributed by atoms with E-state index in [-0.39, 0.29) is 5.82 Å². The van der Waals surface area contributed by atoms with E-state index in [0.717, 1.165) is 12.0 Å². The monoisotopic (exact) mass is 328 g/mol. The highest BCUT2D eigenvalue weighted by molar-refractivity contribution is 5.83. The van der Waals surface area contributed by atoms with Gasteiger partial charge in [-0.25, -0.2) is 4.39 Å². The van der Waals surface area contributed by atoms with Gasteiger partial charge in [0, 0.05) is 17.5 Å². The van der Waals surface area contributed by atoms with E-state index in [1.165, 1.54) is 37.5 Å². The highest BCUT2D eigenvalue weighted by atomic mass is 19.1. The molecular weight excluding hydrogens is 299 g/mol. The van der Waals surface area contributed by atoms with Gasteiger partial charge in [0.25, 0.3) is 0 Å². The molecule has 0 bridgehead atoms. The summed E-state index contributed by atoms with van der Waals surface area (Å²) in [4.78, 5) is 4.29. The van der Waals surface area contributed by atoms with E-state index in [1.54, 1.807) is 0 Å². The molecule has 0 radical (unpaired) electrons. The van der Waals surface area contributed by atoms with Gasteiger partial charge < -0.3 is 5.73 Å². The molecule has 0 aliphatic heterocycles. The maximum atomic E-state index is 15.3. The van der Waals surface area contributed by atoms with Crippen molar-refractivity contribution >= 4 is 11.9 Å². The highest BCUT2D eigenvalue weighted by Gasteiger charge is 2.24. The molecule has 2 rings (SSSR count). The van der Waals surface area contributed by atoms with Crippen LogP contribution in [-0.2, 0) is 6.42 Å². The molecule has 0 aromatic heterocycles. The first-order valence-electron chi connectivity index (χ1n) is 8.90. The zero-order valence-corrected chi connectivity index (χ0v) is 15.1. The molecule has 1 aliphatic carbocycles. The first-order valence-corrected chi connectivity index (χ1v) is 8.90. The van der Waals surface area contributed by atoms with Crippen molar-refractivity contribution in [1.82, 2.24) is 0 Å². The quantitative estimate of drug-likeness (QED) is 0.680. The van der Waals surface area contributed by atoms with Gasteiger partial charge >= 0.3 is 0 Å². The van der Waals surface area contributed by atoms with Crippen molar-refractivity contribution in [2.75, 3.05) is 0 Å². The number of benzene rings is 1. The first kappa shape index (κ1) is 18.4. The molecule has 130 valence electrons. The molecule has 1 aromatic rings. The lowest BCUT2D eigenvalue weighted by Gasteiger charge is -2.20. The topological polar surface area (TPSA) is 38.4 Å². The van der Waals surface area contributed by atoms with Crippen LogP contribution in [0.1, 0.15) is 69.1 Å². The standard InChI is InChI=1S/C21H29FN2/c1-5-20(24-13-15(4)23)18-11-10-17(16-8-6-7-9-16)19(21(18)22)12-14(2)3/h5,10-11,13-14,16H,4,6-9,12,23H2,1-3H3/b20-5-,24-13-. The third kappa shape index (κ3) is 4.34. The molecule has 1 fully saturated rings. The Morgan fingerprint density at radius 3 is 2.58 bits per heavy atom. The number of aliphatic imine (C=N–C) groups is 1. The number of hydrogen-bond donors (Lipinski definition) is 1. The van der Waals surface area contributed by atoms with E-state index < -0.39 is 0 Å². The molecule has 1 saturated carbocycles. The summed E-state index contributed by atoms with van der Waals surface area (Å²) in [6, 6.07) is 3.99. The van der Waals surface area contributed by atoms with Crippen molar-refractivity contribution in [3.63, 3.8) is 0 Å². The van der Waals surface area contributed by atoms with Crippen molar-refractivity contribution < 1.29 is 4.39 Å². The van der Waals surface area contributed by atoms with E-state index in [9.17, 15) is 0 Å². The van der Waals surface area contributed by atoms with Crippen molar-refractivity contribution in [1.29, 1.82) is 0 Å².